The van der Waals surface area contributed by atoms with Crippen molar-refractivity contribution in [1.29, 1.82) is 0 Å². The van der Waals surface area contributed by atoms with Crippen LogP contribution in [0.15, 0.2) is 60.8 Å². The summed E-state index contributed by atoms with van der Waals surface area (Å²) in [5.74, 6) is -0.859. The van der Waals surface area contributed by atoms with Crippen LogP contribution in [0.4, 0.5) is 0 Å². The van der Waals surface area contributed by atoms with E-state index in [4.69, 9.17) is 14.2 Å². The van der Waals surface area contributed by atoms with Gasteiger partial charge in [0.05, 0.1) is 0 Å². The summed E-state index contributed by atoms with van der Waals surface area (Å²) in [6.07, 6.45) is 78.4. The van der Waals surface area contributed by atoms with Crippen LogP contribution in [0.2, 0.25) is 0 Å². The van der Waals surface area contributed by atoms with Crippen molar-refractivity contribution in [2.24, 2.45) is 0 Å². The molecular formula is C67H120O6. The molecule has 0 bridgehead atoms. The summed E-state index contributed by atoms with van der Waals surface area (Å²) in [5.41, 5.74) is 0. The molecule has 0 aliphatic carbocycles. The highest BCUT2D eigenvalue weighted by Crippen LogP contribution is 2.17. The first-order valence-corrected chi connectivity index (χ1v) is 31.8. The Balaban J connectivity index is 3.96. The van der Waals surface area contributed by atoms with Gasteiger partial charge in [0, 0.05) is 19.3 Å². The van der Waals surface area contributed by atoms with Crippen LogP contribution in [-0.2, 0) is 28.6 Å². The summed E-state index contributed by atoms with van der Waals surface area (Å²) < 4.78 is 16.8. The lowest BCUT2D eigenvalue weighted by molar-refractivity contribution is -0.167. The van der Waals surface area contributed by atoms with E-state index in [1.807, 2.05) is 0 Å². The molecule has 0 saturated heterocycles. The van der Waals surface area contributed by atoms with Crippen molar-refractivity contribution < 1.29 is 28.6 Å². The van der Waals surface area contributed by atoms with Gasteiger partial charge in [-0.05, 0) is 64.2 Å². The molecule has 0 aromatic heterocycles. The number of carbonyl (C=O) groups excluding carboxylic acids is 3. The average Bonchev–Trinajstić information content (AvgIpc) is 3.39. The Bertz CT molecular complexity index is 1310. The van der Waals surface area contributed by atoms with Crippen molar-refractivity contribution in [2.45, 2.75) is 335 Å². The second-order valence-electron chi connectivity index (χ2n) is 21.3. The van der Waals surface area contributed by atoms with Gasteiger partial charge < -0.3 is 14.2 Å². The standard InChI is InChI=1S/C67H120O6/c1-4-7-10-13-16-18-20-22-24-26-27-28-29-30-31-32-33-34-35-36-37-38-39-40-41-42-44-45-47-49-51-54-57-60-66(69)72-63-64(62-71-65(68)59-56-53-15-12-9-6-3)73-67(70)61-58-55-52-50-48-46-43-25-23-21-19-17-14-11-8-5-2/h7,10,16,18,22,24,27-28,30-31,64H,4-6,8-9,11-15,17,19-21,23,25-26,29,32-63H2,1-3H3/b10-7-,18-16-,24-22-,28-27-,31-30-. The van der Waals surface area contributed by atoms with Crippen molar-refractivity contribution >= 4 is 17.9 Å². The van der Waals surface area contributed by atoms with E-state index in [1.54, 1.807) is 0 Å². The zero-order valence-electron chi connectivity index (χ0n) is 48.7. The van der Waals surface area contributed by atoms with Crippen molar-refractivity contribution in [3.63, 3.8) is 0 Å². The smallest absolute Gasteiger partial charge is 0.306 e. The topological polar surface area (TPSA) is 78.9 Å². The maximum Gasteiger partial charge on any atom is 0.306 e. The van der Waals surface area contributed by atoms with Gasteiger partial charge in [-0.1, -0.05) is 306 Å². The minimum absolute atomic E-state index is 0.0682. The summed E-state index contributed by atoms with van der Waals surface area (Å²) in [7, 11) is 0. The number of rotatable bonds is 58. The molecule has 0 aromatic carbocycles. The number of carbonyl (C=O) groups is 3. The molecule has 0 fully saturated rings. The maximum absolute atomic E-state index is 12.8. The Morgan fingerprint density at radius 2 is 0.534 bits per heavy atom. The number of hydrogen-bond donors (Lipinski definition) is 0. The Labute approximate surface area is 453 Å². The van der Waals surface area contributed by atoms with Gasteiger partial charge in [-0.3, -0.25) is 14.4 Å². The average molecular weight is 1020 g/mol. The molecule has 0 radical (unpaired) electrons. The van der Waals surface area contributed by atoms with Crippen molar-refractivity contribution in [1.82, 2.24) is 0 Å². The highest BCUT2D eigenvalue weighted by molar-refractivity contribution is 5.71. The van der Waals surface area contributed by atoms with Crippen molar-refractivity contribution in [2.75, 3.05) is 13.2 Å². The molecule has 0 amide bonds. The molecule has 0 spiro atoms. The minimum Gasteiger partial charge on any atom is -0.462 e. The summed E-state index contributed by atoms with van der Waals surface area (Å²) >= 11 is 0. The quantitative estimate of drug-likeness (QED) is 0.0261. The van der Waals surface area contributed by atoms with E-state index in [0.717, 1.165) is 89.9 Å². The zero-order chi connectivity index (χ0) is 52.9. The highest BCUT2D eigenvalue weighted by Gasteiger charge is 2.19. The number of ether oxygens (including phenoxy) is 3. The maximum atomic E-state index is 12.8. The fraction of sp³-hybridized carbons (Fsp3) is 0.806. The summed E-state index contributed by atoms with van der Waals surface area (Å²) in [4.78, 5) is 37.9. The largest absolute Gasteiger partial charge is 0.462 e. The van der Waals surface area contributed by atoms with Crippen molar-refractivity contribution in [3.8, 4) is 0 Å². The van der Waals surface area contributed by atoms with E-state index in [0.29, 0.717) is 19.3 Å². The third kappa shape index (κ3) is 59.9. The molecule has 0 saturated carbocycles. The third-order valence-corrected chi connectivity index (χ3v) is 14.0. The van der Waals surface area contributed by atoms with Crippen LogP contribution in [0.25, 0.3) is 0 Å². The molecule has 0 aromatic rings. The van der Waals surface area contributed by atoms with Crippen LogP contribution in [-0.4, -0.2) is 37.2 Å². The molecule has 0 rings (SSSR count). The van der Waals surface area contributed by atoms with E-state index >= 15 is 0 Å². The van der Waals surface area contributed by atoms with Crippen molar-refractivity contribution in [3.05, 3.63) is 60.8 Å². The Kier molecular flexibility index (Phi) is 59.2. The number of hydrogen-bond acceptors (Lipinski definition) is 6. The zero-order valence-corrected chi connectivity index (χ0v) is 48.7. The van der Waals surface area contributed by atoms with E-state index < -0.39 is 6.10 Å². The number of allylic oxidation sites excluding steroid dienone is 10. The second kappa shape index (κ2) is 61.7. The van der Waals surface area contributed by atoms with Gasteiger partial charge in [0.1, 0.15) is 13.2 Å². The molecule has 73 heavy (non-hydrogen) atoms. The molecule has 0 aliphatic rings. The number of unbranched alkanes of at least 4 members (excludes halogenated alkanes) is 37. The molecular weight excluding hydrogens is 901 g/mol. The first-order chi connectivity index (χ1) is 36.0. The van der Waals surface area contributed by atoms with E-state index in [1.165, 1.54) is 199 Å². The van der Waals surface area contributed by atoms with Gasteiger partial charge in [-0.25, -0.2) is 0 Å². The van der Waals surface area contributed by atoms with Crippen LogP contribution in [0.3, 0.4) is 0 Å². The lowest BCUT2D eigenvalue weighted by Gasteiger charge is -2.18. The van der Waals surface area contributed by atoms with Crippen LogP contribution in [0, 0.1) is 0 Å². The Morgan fingerprint density at radius 3 is 0.836 bits per heavy atom. The van der Waals surface area contributed by atoms with Gasteiger partial charge in [0.2, 0.25) is 0 Å². The number of esters is 3. The molecule has 6 heteroatoms. The van der Waals surface area contributed by atoms with E-state index in [9.17, 15) is 14.4 Å². The van der Waals surface area contributed by atoms with Gasteiger partial charge in [0.25, 0.3) is 0 Å². The SMILES string of the molecule is CC/C=C\C/C=C\C/C=C\C/C=C\C/C=C\CCCCCCCCCCCCCCCCCCCC(=O)OCC(COC(=O)CCCCCCCC)OC(=O)CCCCCCCCCCCCCCCCCC. The van der Waals surface area contributed by atoms with Gasteiger partial charge in [-0.2, -0.15) is 0 Å². The fourth-order valence-corrected chi connectivity index (χ4v) is 9.30. The van der Waals surface area contributed by atoms with Crippen LogP contribution < -0.4 is 0 Å². The van der Waals surface area contributed by atoms with Crippen LogP contribution in [0.5, 0.6) is 0 Å². The minimum atomic E-state index is -0.766. The predicted molar refractivity (Wildman–Crippen MR) is 316 cm³/mol. The third-order valence-electron chi connectivity index (χ3n) is 14.0. The summed E-state index contributed by atoms with van der Waals surface area (Å²) in [6.45, 7) is 6.51. The molecule has 0 aliphatic heterocycles. The molecule has 0 heterocycles. The Hall–Kier alpha value is -2.89. The molecule has 6 nitrogen and oxygen atoms in total. The monoisotopic (exact) mass is 1020 g/mol. The predicted octanol–water partition coefficient (Wildman–Crippen LogP) is 21.6. The second-order valence-corrected chi connectivity index (χ2v) is 21.3. The fourth-order valence-electron chi connectivity index (χ4n) is 9.30. The van der Waals surface area contributed by atoms with Gasteiger partial charge in [0.15, 0.2) is 6.10 Å². The molecule has 1 atom stereocenters. The first-order valence-electron chi connectivity index (χ1n) is 31.8. The summed E-state index contributed by atoms with van der Waals surface area (Å²) in [6, 6.07) is 0. The molecule has 0 N–H and O–H groups in total. The van der Waals surface area contributed by atoms with Crippen LogP contribution >= 0.6 is 0 Å². The molecule has 424 valence electrons. The van der Waals surface area contributed by atoms with Gasteiger partial charge in [-0.15, -0.1) is 0 Å². The Morgan fingerprint density at radius 1 is 0.288 bits per heavy atom. The lowest BCUT2D eigenvalue weighted by Crippen LogP contribution is -2.30. The van der Waals surface area contributed by atoms with Gasteiger partial charge >= 0.3 is 17.9 Å². The normalized spacial score (nSPS) is 12.4. The van der Waals surface area contributed by atoms with Crippen LogP contribution in [0.1, 0.15) is 329 Å². The van der Waals surface area contributed by atoms with E-state index in [-0.39, 0.29) is 31.1 Å². The lowest BCUT2D eigenvalue weighted by atomic mass is 10.0. The first kappa shape index (κ1) is 70.1. The molecule has 1 unspecified atom stereocenters. The summed E-state index contributed by atoms with van der Waals surface area (Å²) in [5, 5.41) is 0. The van der Waals surface area contributed by atoms with E-state index in [2.05, 4.69) is 81.5 Å². The highest BCUT2D eigenvalue weighted by atomic mass is 16.6.